The Kier molecular flexibility index (Phi) is 4.33. The Bertz CT molecular complexity index is 502. The van der Waals surface area contributed by atoms with E-state index in [0.717, 1.165) is 10.5 Å². The first-order valence-corrected chi connectivity index (χ1v) is 6.62. The van der Waals surface area contributed by atoms with Gasteiger partial charge in [-0.25, -0.2) is 4.39 Å². The first-order valence-electron chi connectivity index (χ1n) is 5.74. The van der Waals surface area contributed by atoms with Gasteiger partial charge in [0, 0.05) is 23.3 Å². The van der Waals surface area contributed by atoms with Gasteiger partial charge in [-0.3, -0.25) is 4.98 Å². The van der Waals surface area contributed by atoms with E-state index in [9.17, 15) is 4.39 Å². The van der Waals surface area contributed by atoms with Gasteiger partial charge in [0.1, 0.15) is 5.82 Å². The first kappa shape index (κ1) is 13.1. The second kappa shape index (κ2) is 5.98. The number of nitrogens with two attached hydrogens (primary N) is 1. The number of rotatable bonds is 4. The van der Waals surface area contributed by atoms with Crippen LogP contribution in [0.5, 0.6) is 0 Å². The van der Waals surface area contributed by atoms with Crippen LogP contribution in [-0.4, -0.2) is 11.0 Å². The predicted molar refractivity (Wildman–Crippen MR) is 72.9 cm³/mol. The topological polar surface area (TPSA) is 38.9 Å². The molecule has 18 heavy (non-hydrogen) atoms. The molecule has 1 heterocycles. The number of aromatic nitrogens is 1. The molecule has 94 valence electrons. The van der Waals surface area contributed by atoms with Crippen LogP contribution in [0.15, 0.2) is 53.7 Å². The highest BCUT2D eigenvalue weighted by Gasteiger charge is 2.18. The fourth-order valence-electron chi connectivity index (χ4n) is 1.71. The third-order valence-corrected chi connectivity index (χ3v) is 4.03. The average molecular weight is 262 g/mol. The van der Waals surface area contributed by atoms with Crippen LogP contribution in [0.25, 0.3) is 0 Å². The van der Waals surface area contributed by atoms with Crippen LogP contribution >= 0.6 is 11.8 Å². The van der Waals surface area contributed by atoms with Crippen LogP contribution in [0.1, 0.15) is 17.7 Å². The van der Waals surface area contributed by atoms with Crippen LogP contribution in [0.4, 0.5) is 4.39 Å². The zero-order chi connectivity index (χ0) is 13.0. The van der Waals surface area contributed by atoms with Gasteiger partial charge in [0.25, 0.3) is 0 Å². The van der Waals surface area contributed by atoms with E-state index in [4.69, 9.17) is 5.73 Å². The number of benzene rings is 1. The monoisotopic (exact) mass is 262 g/mol. The number of hydrogen-bond acceptors (Lipinski definition) is 3. The molecule has 0 saturated carbocycles. The molecule has 2 aromatic rings. The van der Waals surface area contributed by atoms with Crippen molar-refractivity contribution in [3.63, 3.8) is 0 Å². The third-order valence-electron chi connectivity index (χ3n) is 2.55. The van der Waals surface area contributed by atoms with Crippen molar-refractivity contribution in [1.29, 1.82) is 0 Å². The van der Waals surface area contributed by atoms with Gasteiger partial charge in [0.2, 0.25) is 0 Å². The molecule has 0 radical (unpaired) electrons. The van der Waals surface area contributed by atoms with Gasteiger partial charge < -0.3 is 5.73 Å². The molecule has 1 aromatic heterocycles. The Morgan fingerprint density at radius 2 is 2.11 bits per heavy atom. The van der Waals surface area contributed by atoms with Gasteiger partial charge in [-0.2, -0.15) is 0 Å². The van der Waals surface area contributed by atoms with Crippen LogP contribution in [0.3, 0.4) is 0 Å². The Balaban J connectivity index is 2.22. The summed E-state index contributed by atoms with van der Waals surface area (Å²) in [6.07, 6.45) is 3.54. The molecule has 0 spiro atoms. The molecule has 0 amide bonds. The van der Waals surface area contributed by atoms with Gasteiger partial charge in [0.15, 0.2) is 0 Å². The Morgan fingerprint density at radius 1 is 1.28 bits per heavy atom. The lowest BCUT2D eigenvalue weighted by Crippen LogP contribution is -2.22. The molecule has 4 heteroatoms. The Hall–Kier alpha value is -1.39. The highest BCUT2D eigenvalue weighted by atomic mass is 32.2. The predicted octanol–water partition coefficient (Wildman–Crippen LogP) is 3.40. The number of nitrogens with zero attached hydrogens (tertiary/aromatic N) is 1. The maximum atomic E-state index is 13.2. The van der Waals surface area contributed by atoms with Crippen molar-refractivity contribution < 1.29 is 4.39 Å². The fraction of sp³-hybridized carbons (Fsp3) is 0.214. The summed E-state index contributed by atoms with van der Waals surface area (Å²) in [5.41, 5.74) is 7.07. The molecule has 0 aliphatic heterocycles. The molecule has 1 aromatic carbocycles. The van der Waals surface area contributed by atoms with E-state index in [0.29, 0.717) is 0 Å². The lowest BCUT2D eigenvalue weighted by atomic mass is 10.1. The summed E-state index contributed by atoms with van der Waals surface area (Å²) in [6.45, 7) is 1.95. The van der Waals surface area contributed by atoms with E-state index in [1.807, 2.05) is 25.1 Å². The van der Waals surface area contributed by atoms with Crippen molar-refractivity contribution in [3.8, 4) is 0 Å². The molecule has 2 atom stereocenters. The van der Waals surface area contributed by atoms with Gasteiger partial charge >= 0.3 is 0 Å². The van der Waals surface area contributed by atoms with Crippen LogP contribution in [-0.2, 0) is 0 Å². The van der Waals surface area contributed by atoms with E-state index in [2.05, 4.69) is 4.98 Å². The SMILES string of the molecule is CC(N)C(Sc1cccc(F)c1)c1cccnc1. The second-order valence-electron chi connectivity index (χ2n) is 4.14. The van der Waals surface area contributed by atoms with Crippen molar-refractivity contribution in [2.45, 2.75) is 23.1 Å². The molecule has 2 N–H and O–H groups in total. The first-order chi connectivity index (χ1) is 8.66. The highest BCUT2D eigenvalue weighted by molar-refractivity contribution is 7.99. The quantitative estimate of drug-likeness (QED) is 0.858. The summed E-state index contributed by atoms with van der Waals surface area (Å²) in [7, 11) is 0. The lowest BCUT2D eigenvalue weighted by molar-refractivity contribution is 0.624. The maximum Gasteiger partial charge on any atom is 0.124 e. The number of hydrogen-bond donors (Lipinski definition) is 1. The van der Waals surface area contributed by atoms with Crippen molar-refractivity contribution in [2.24, 2.45) is 5.73 Å². The van der Waals surface area contributed by atoms with Gasteiger partial charge in [-0.05, 0) is 36.8 Å². The van der Waals surface area contributed by atoms with Crippen molar-refractivity contribution in [1.82, 2.24) is 4.98 Å². The summed E-state index contributed by atoms with van der Waals surface area (Å²) in [5.74, 6) is -0.227. The van der Waals surface area contributed by atoms with E-state index in [-0.39, 0.29) is 17.1 Å². The number of thioether (sulfide) groups is 1. The van der Waals surface area contributed by atoms with Gasteiger partial charge in [0.05, 0.1) is 5.25 Å². The molecule has 0 bridgehead atoms. The normalized spacial score (nSPS) is 14.2. The smallest absolute Gasteiger partial charge is 0.124 e. The fourth-order valence-corrected chi connectivity index (χ4v) is 2.83. The standard InChI is InChI=1S/C14H15FN2S/c1-10(16)14(11-4-3-7-17-9-11)18-13-6-2-5-12(15)8-13/h2-10,14H,16H2,1H3. The number of halogens is 1. The van der Waals surface area contributed by atoms with Crippen molar-refractivity contribution >= 4 is 11.8 Å². The number of pyridine rings is 1. The molecule has 2 rings (SSSR count). The zero-order valence-electron chi connectivity index (χ0n) is 10.1. The van der Waals surface area contributed by atoms with Gasteiger partial charge in [-0.15, -0.1) is 11.8 Å². The molecule has 0 aliphatic rings. The summed E-state index contributed by atoms with van der Waals surface area (Å²) in [4.78, 5) is 4.98. The summed E-state index contributed by atoms with van der Waals surface area (Å²) in [5, 5.41) is 0.0699. The van der Waals surface area contributed by atoms with Crippen LogP contribution < -0.4 is 5.73 Å². The minimum absolute atomic E-state index is 0.0394. The Labute approximate surface area is 110 Å². The molecule has 0 saturated heterocycles. The summed E-state index contributed by atoms with van der Waals surface area (Å²) >= 11 is 1.56. The lowest BCUT2D eigenvalue weighted by Gasteiger charge is -2.20. The van der Waals surface area contributed by atoms with Crippen LogP contribution in [0, 0.1) is 5.82 Å². The summed E-state index contributed by atoms with van der Waals surface area (Å²) in [6, 6.07) is 10.4. The molecular weight excluding hydrogens is 247 g/mol. The maximum absolute atomic E-state index is 13.2. The molecule has 0 fully saturated rings. The molecule has 2 nitrogen and oxygen atoms in total. The molecule has 2 unspecified atom stereocenters. The minimum Gasteiger partial charge on any atom is -0.327 e. The van der Waals surface area contributed by atoms with E-state index >= 15 is 0 Å². The summed E-state index contributed by atoms with van der Waals surface area (Å²) < 4.78 is 13.2. The zero-order valence-corrected chi connectivity index (χ0v) is 10.9. The van der Waals surface area contributed by atoms with Crippen LogP contribution in [0.2, 0.25) is 0 Å². The van der Waals surface area contributed by atoms with Gasteiger partial charge in [-0.1, -0.05) is 12.1 Å². The average Bonchev–Trinajstić information content (AvgIpc) is 2.37. The molecule has 0 aliphatic carbocycles. The van der Waals surface area contributed by atoms with Crippen molar-refractivity contribution in [2.75, 3.05) is 0 Å². The van der Waals surface area contributed by atoms with E-state index in [1.54, 1.807) is 30.2 Å². The minimum atomic E-state index is -0.227. The second-order valence-corrected chi connectivity index (χ2v) is 5.36. The van der Waals surface area contributed by atoms with E-state index < -0.39 is 0 Å². The Morgan fingerprint density at radius 3 is 2.72 bits per heavy atom. The van der Waals surface area contributed by atoms with Crippen molar-refractivity contribution in [3.05, 3.63) is 60.2 Å². The largest absolute Gasteiger partial charge is 0.327 e. The molecular formula is C14H15FN2S. The third kappa shape index (κ3) is 3.31. The highest BCUT2D eigenvalue weighted by Crippen LogP contribution is 2.36. The van der Waals surface area contributed by atoms with E-state index in [1.165, 1.54) is 12.1 Å².